The Morgan fingerprint density at radius 3 is 2.75 bits per heavy atom. The highest BCUT2D eigenvalue weighted by atomic mass is 19.1. The maximum atomic E-state index is 13.8. The molecule has 0 saturated carbocycles. The fourth-order valence-corrected chi connectivity index (χ4v) is 1.88. The van der Waals surface area contributed by atoms with E-state index in [9.17, 15) is 4.39 Å². The third-order valence-electron chi connectivity index (χ3n) is 3.16. The van der Waals surface area contributed by atoms with E-state index in [2.05, 4.69) is 5.10 Å². The number of nitrogens with zero attached hydrogens (tertiary/aromatic N) is 3. The Balaban J connectivity index is 2.60. The summed E-state index contributed by atoms with van der Waals surface area (Å²) < 4.78 is 13.8. The van der Waals surface area contributed by atoms with Crippen molar-refractivity contribution in [2.24, 2.45) is 10.8 Å². The quantitative estimate of drug-likeness (QED) is 0.573. The fourth-order valence-electron chi connectivity index (χ4n) is 1.88. The summed E-state index contributed by atoms with van der Waals surface area (Å²) in [7, 11) is 3.77. The molecule has 1 fully saturated rings. The molecule has 94 valence electrons. The molecule has 5 heteroatoms. The Morgan fingerprint density at radius 2 is 2.25 bits per heavy atom. The highest BCUT2D eigenvalue weighted by molar-refractivity contribution is 5.86. The van der Waals surface area contributed by atoms with Crippen LogP contribution in [-0.2, 0) is 0 Å². The van der Waals surface area contributed by atoms with Crippen LogP contribution in [0.15, 0.2) is 5.10 Å². The number of nitrogens with two attached hydrogens (primary N) is 1. The summed E-state index contributed by atoms with van der Waals surface area (Å²) in [6.45, 7) is 5.17. The summed E-state index contributed by atoms with van der Waals surface area (Å²) in [5, 5.41) is 6.07. The number of hydrazone groups is 1. The van der Waals surface area contributed by atoms with E-state index < -0.39 is 6.17 Å². The van der Waals surface area contributed by atoms with Crippen molar-refractivity contribution >= 4 is 5.71 Å². The van der Waals surface area contributed by atoms with Crippen molar-refractivity contribution in [3.05, 3.63) is 0 Å². The minimum Gasteiger partial charge on any atom is -0.323 e. The molecule has 0 aliphatic carbocycles. The van der Waals surface area contributed by atoms with Gasteiger partial charge >= 0.3 is 0 Å². The summed E-state index contributed by atoms with van der Waals surface area (Å²) in [6, 6.07) is -0.198. The van der Waals surface area contributed by atoms with Gasteiger partial charge in [-0.1, -0.05) is 0 Å². The van der Waals surface area contributed by atoms with E-state index in [0.717, 1.165) is 18.7 Å². The molecule has 4 nitrogen and oxygen atoms in total. The molecule has 16 heavy (non-hydrogen) atoms. The van der Waals surface area contributed by atoms with Crippen molar-refractivity contribution in [3.8, 4) is 0 Å². The minimum absolute atomic E-state index is 0.0771. The summed E-state index contributed by atoms with van der Waals surface area (Å²) in [6.07, 6.45) is -0.0300. The number of likely N-dealkylation sites (tertiary alicyclic amines) is 1. The summed E-state index contributed by atoms with van der Waals surface area (Å²) >= 11 is 0. The number of halogens is 1. The third-order valence-corrected chi connectivity index (χ3v) is 3.16. The van der Waals surface area contributed by atoms with Gasteiger partial charge in [0.15, 0.2) is 0 Å². The van der Waals surface area contributed by atoms with E-state index >= 15 is 0 Å². The summed E-state index contributed by atoms with van der Waals surface area (Å²) in [5.74, 6) is 0. The van der Waals surface area contributed by atoms with Gasteiger partial charge in [-0.3, -0.25) is 5.01 Å². The molecule has 0 aromatic rings. The molecule has 1 aliphatic rings. The number of hydrogen-bond donors (Lipinski definition) is 1. The zero-order valence-electron chi connectivity index (χ0n) is 10.7. The van der Waals surface area contributed by atoms with E-state index in [0.29, 0.717) is 6.54 Å². The lowest BCUT2D eigenvalue weighted by atomic mass is 10.0. The molecule has 2 N–H and O–H groups in total. The molecule has 3 unspecified atom stereocenters. The Bertz CT molecular complexity index is 254. The normalized spacial score (nSPS) is 30.2. The van der Waals surface area contributed by atoms with Gasteiger partial charge in [0, 0.05) is 26.2 Å². The molecule has 3 atom stereocenters. The van der Waals surface area contributed by atoms with Gasteiger partial charge in [0.1, 0.15) is 6.17 Å². The number of rotatable bonds is 3. The lowest BCUT2D eigenvalue weighted by Gasteiger charge is -2.36. The largest absolute Gasteiger partial charge is 0.323 e. The summed E-state index contributed by atoms with van der Waals surface area (Å²) in [4.78, 5) is 2.01. The van der Waals surface area contributed by atoms with Gasteiger partial charge in [-0.15, -0.1) is 0 Å². The third kappa shape index (κ3) is 3.42. The summed E-state index contributed by atoms with van der Waals surface area (Å²) in [5.41, 5.74) is 6.55. The van der Waals surface area contributed by atoms with Crippen LogP contribution in [0, 0.1) is 0 Å². The number of piperidine rings is 1. The van der Waals surface area contributed by atoms with Gasteiger partial charge in [0.25, 0.3) is 0 Å². The van der Waals surface area contributed by atoms with Gasteiger partial charge in [0.2, 0.25) is 0 Å². The van der Waals surface area contributed by atoms with Crippen LogP contribution in [0.3, 0.4) is 0 Å². The molecule has 1 heterocycles. The molecule has 0 radical (unpaired) electrons. The Labute approximate surface area is 97.3 Å². The van der Waals surface area contributed by atoms with Gasteiger partial charge in [-0.25, -0.2) is 4.39 Å². The second kappa shape index (κ2) is 5.59. The van der Waals surface area contributed by atoms with Gasteiger partial charge in [0.05, 0.1) is 11.8 Å². The number of alkyl halides is 1. The van der Waals surface area contributed by atoms with E-state index in [4.69, 9.17) is 5.73 Å². The molecular weight excluding hydrogens is 207 g/mol. The van der Waals surface area contributed by atoms with Crippen LogP contribution in [0.25, 0.3) is 0 Å². The second-order valence-corrected chi connectivity index (χ2v) is 4.74. The van der Waals surface area contributed by atoms with Crippen LogP contribution in [0.4, 0.5) is 4.39 Å². The van der Waals surface area contributed by atoms with E-state index in [1.54, 1.807) is 5.01 Å². The van der Waals surface area contributed by atoms with Gasteiger partial charge in [-0.2, -0.15) is 5.10 Å². The van der Waals surface area contributed by atoms with Crippen LogP contribution in [-0.4, -0.2) is 61.1 Å². The second-order valence-electron chi connectivity index (χ2n) is 4.74. The first-order valence-corrected chi connectivity index (χ1v) is 5.78. The molecule has 0 aromatic heterocycles. The molecule has 1 saturated heterocycles. The van der Waals surface area contributed by atoms with Crippen LogP contribution in [0.1, 0.15) is 20.3 Å². The predicted molar refractivity (Wildman–Crippen MR) is 65.3 cm³/mol. The first-order chi connectivity index (χ1) is 7.41. The zero-order valence-corrected chi connectivity index (χ0v) is 10.7. The monoisotopic (exact) mass is 230 g/mol. The fraction of sp³-hybridized carbons (Fsp3) is 0.909. The molecule has 0 bridgehead atoms. The van der Waals surface area contributed by atoms with Crippen LogP contribution >= 0.6 is 0 Å². The topological polar surface area (TPSA) is 44.9 Å². The van der Waals surface area contributed by atoms with E-state index in [1.165, 1.54) is 0 Å². The van der Waals surface area contributed by atoms with E-state index in [-0.39, 0.29) is 12.1 Å². The minimum atomic E-state index is -0.839. The Hall–Kier alpha value is -0.680. The molecular formula is C11H23FN4. The first-order valence-electron chi connectivity index (χ1n) is 5.78. The molecule has 0 spiro atoms. The molecule has 0 aromatic carbocycles. The lowest BCUT2D eigenvalue weighted by Crippen LogP contribution is -2.49. The van der Waals surface area contributed by atoms with Crippen molar-refractivity contribution in [1.29, 1.82) is 0 Å². The molecule has 1 rings (SSSR count). The molecule has 0 amide bonds. The Morgan fingerprint density at radius 1 is 1.62 bits per heavy atom. The standard InChI is InChI=1S/C11H23FN4/c1-8(13)9(2)14-16(4)11-5-6-15(3)7-10(11)12/h8,10-11H,5-7,13H2,1-4H3/b14-9-. The smallest absolute Gasteiger partial charge is 0.135 e. The van der Waals surface area contributed by atoms with Crippen molar-refractivity contribution in [1.82, 2.24) is 9.91 Å². The predicted octanol–water partition coefficient (Wildman–Crippen LogP) is 0.684. The van der Waals surface area contributed by atoms with Crippen LogP contribution in [0.5, 0.6) is 0 Å². The highest BCUT2D eigenvalue weighted by Gasteiger charge is 2.30. The van der Waals surface area contributed by atoms with Crippen molar-refractivity contribution in [2.45, 2.75) is 38.5 Å². The SMILES string of the molecule is C/C(=N/N(C)C1CCN(C)CC1F)C(C)N. The average Bonchev–Trinajstić information content (AvgIpc) is 2.16. The highest BCUT2D eigenvalue weighted by Crippen LogP contribution is 2.18. The van der Waals surface area contributed by atoms with Crippen molar-refractivity contribution in [3.63, 3.8) is 0 Å². The van der Waals surface area contributed by atoms with Crippen molar-refractivity contribution in [2.75, 3.05) is 27.2 Å². The average molecular weight is 230 g/mol. The van der Waals surface area contributed by atoms with E-state index in [1.807, 2.05) is 32.8 Å². The maximum Gasteiger partial charge on any atom is 0.135 e. The first kappa shape index (κ1) is 13.4. The lowest BCUT2D eigenvalue weighted by molar-refractivity contribution is 0.0593. The van der Waals surface area contributed by atoms with Crippen LogP contribution < -0.4 is 5.73 Å². The van der Waals surface area contributed by atoms with Crippen molar-refractivity contribution < 1.29 is 4.39 Å². The maximum absolute atomic E-state index is 13.8. The Kier molecular flexibility index (Phi) is 4.68. The van der Waals surface area contributed by atoms with Gasteiger partial charge < -0.3 is 10.6 Å². The number of hydrogen-bond acceptors (Lipinski definition) is 4. The van der Waals surface area contributed by atoms with Crippen LogP contribution in [0.2, 0.25) is 0 Å². The van der Waals surface area contributed by atoms with Gasteiger partial charge in [-0.05, 0) is 27.3 Å². The molecule has 1 aliphatic heterocycles. The zero-order chi connectivity index (χ0) is 12.3.